The Hall–Kier alpha value is 0.440. The van der Waals surface area contributed by atoms with Crippen LogP contribution >= 0.6 is 15.9 Å². The molecule has 2 atom stereocenters. The highest BCUT2D eigenvalue weighted by atomic mass is 79.9. The topological polar surface area (TPSA) is 9.23 Å². The highest BCUT2D eigenvalue weighted by molar-refractivity contribution is 9.09. The monoisotopic (exact) mass is 194 g/mol. The summed E-state index contributed by atoms with van der Waals surface area (Å²) in [6.07, 6.45) is 0.338. The van der Waals surface area contributed by atoms with Gasteiger partial charge in [-0.3, -0.25) is 0 Å². The largest absolute Gasteiger partial charge is 0.380 e. The molecule has 0 amide bonds. The Morgan fingerprint density at radius 2 is 1.67 bits per heavy atom. The third kappa shape index (κ3) is 3.21. The lowest BCUT2D eigenvalue weighted by molar-refractivity contribution is 0.0680. The van der Waals surface area contributed by atoms with Crippen LogP contribution in [0.25, 0.3) is 0 Å². The first-order valence-corrected chi connectivity index (χ1v) is 4.18. The minimum absolute atomic E-state index is 0.338. The summed E-state index contributed by atoms with van der Waals surface area (Å²) in [5.74, 6) is 0.587. The zero-order chi connectivity index (χ0) is 7.44. The Morgan fingerprint density at radius 1 is 1.22 bits per heavy atom. The minimum Gasteiger partial charge on any atom is -0.380 e. The van der Waals surface area contributed by atoms with Crippen LogP contribution in [0.5, 0.6) is 0 Å². The van der Waals surface area contributed by atoms with Gasteiger partial charge in [0.1, 0.15) is 0 Å². The highest BCUT2D eigenvalue weighted by Gasteiger charge is 2.16. The van der Waals surface area contributed by atoms with Crippen LogP contribution in [0.15, 0.2) is 0 Å². The summed E-state index contributed by atoms with van der Waals surface area (Å²) in [5.41, 5.74) is 0. The van der Waals surface area contributed by atoms with Gasteiger partial charge in [0.05, 0.1) is 6.10 Å². The number of hydrogen-bond acceptors (Lipinski definition) is 1. The summed E-state index contributed by atoms with van der Waals surface area (Å²) in [5, 5.41) is 0. The molecular formula is C7H15BrO. The molecule has 0 radical (unpaired) electrons. The van der Waals surface area contributed by atoms with Crippen LogP contribution in [0, 0.1) is 5.92 Å². The first-order chi connectivity index (χ1) is 4.09. The number of halogens is 1. The Labute approximate surface area is 65.9 Å². The van der Waals surface area contributed by atoms with Crippen molar-refractivity contribution >= 4 is 15.9 Å². The summed E-state index contributed by atoms with van der Waals surface area (Å²) >= 11 is 3.48. The number of methoxy groups -OCH3 is 1. The van der Waals surface area contributed by atoms with E-state index in [9.17, 15) is 0 Å². The molecule has 0 saturated heterocycles. The fraction of sp³-hybridized carbons (Fsp3) is 1.00. The summed E-state index contributed by atoms with van der Waals surface area (Å²) in [6, 6.07) is 0. The maximum absolute atomic E-state index is 5.23. The molecule has 0 aliphatic rings. The summed E-state index contributed by atoms with van der Waals surface area (Å²) < 4.78 is 5.23. The molecule has 0 fully saturated rings. The molecule has 0 N–H and O–H groups in total. The zero-order valence-electron chi connectivity index (χ0n) is 6.52. The number of alkyl halides is 1. The maximum Gasteiger partial charge on any atom is 0.0716 e. The molecule has 2 heteroatoms. The number of ether oxygens (including phenoxy) is 1. The molecule has 0 aliphatic heterocycles. The molecule has 0 aromatic carbocycles. The van der Waals surface area contributed by atoms with Crippen LogP contribution in [0.4, 0.5) is 0 Å². The van der Waals surface area contributed by atoms with Crippen molar-refractivity contribution in [2.45, 2.75) is 31.7 Å². The number of rotatable bonds is 3. The van der Waals surface area contributed by atoms with Crippen LogP contribution in [0.3, 0.4) is 0 Å². The van der Waals surface area contributed by atoms with E-state index in [1.165, 1.54) is 0 Å². The lowest BCUT2D eigenvalue weighted by Gasteiger charge is -2.21. The Morgan fingerprint density at radius 3 is 1.67 bits per heavy atom. The Kier molecular flexibility index (Phi) is 4.50. The molecule has 0 spiro atoms. The van der Waals surface area contributed by atoms with Crippen molar-refractivity contribution in [2.24, 2.45) is 5.92 Å². The van der Waals surface area contributed by atoms with E-state index < -0.39 is 0 Å². The van der Waals surface area contributed by atoms with Gasteiger partial charge in [0, 0.05) is 11.9 Å². The van der Waals surface area contributed by atoms with E-state index in [0.717, 1.165) is 0 Å². The van der Waals surface area contributed by atoms with Gasteiger partial charge in [-0.25, -0.2) is 0 Å². The van der Waals surface area contributed by atoms with Gasteiger partial charge in [-0.05, 0) is 5.92 Å². The molecule has 0 saturated carbocycles. The van der Waals surface area contributed by atoms with Crippen molar-refractivity contribution in [1.82, 2.24) is 0 Å². The third-order valence-corrected chi connectivity index (χ3v) is 1.90. The normalized spacial score (nSPS) is 18.0. The first-order valence-electron chi connectivity index (χ1n) is 3.26. The predicted molar refractivity (Wildman–Crippen MR) is 44.0 cm³/mol. The van der Waals surface area contributed by atoms with E-state index in [-0.39, 0.29) is 0 Å². The van der Waals surface area contributed by atoms with Crippen LogP contribution < -0.4 is 0 Å². The Bertz CT molecular complexity index is 63.3. The fourth-order valence-corrected chi connectivity index (χ4v) is 1.82. The predicted octanol–water partition coefficient (Wildman–Crippen LogP) is 2.44. The van der Waals surface area contributed by atoms with Crippen LogP contribution in [0.2, 0.25) is 0 Å². The van der Waals surface area contributed by atoms with Crippen molar-refractivity contribution in [2.75, 3.05) is 7.11 Å². The van der Waals surface area contributed by atoms with Crippen LogP contribution in [-0.2, 0) is 4.74 Å². The molecule has 1 nitrogen and oxygen atoms in total. The lowest BCUT2D eigenvalue weighted by Crippen LogP contribution is -2.26. The average molecular weight is 195 g/mol. The van der Waals surface area contributed by atoms with Gasteiger partial charge in [-0.1, -0.05) is 36.7 Å². The molecular weight excluding hydrogens is 180 g/mol. The second-order valence-corrected chi connectivity index (χ2v) is 4.07. The van der Waals surface area contributed by atoms with Crippen LogP contribution in [-0.4, -0.2) is 18.0 Å². The molecule has 0 aliphatic carbocycles. The van der Waals surface area contributed by atoms with Gasteiger partial charge < -0.3 is 4.74 Å². The third-order valence-electron chi connectivity index (χ3n) is 1.38. The van der Waals surface area contributed by atoms with Gasteiger partial charge >= 0.3 is 0 Å². The van der Waals surface area contributed by atoms with E-state index >= 15 is 0 Å². The molecule has 56 valence electrons. The van der Waals surface area contributed by atoms with Gasteiger partial charge in [-0.2, -0.15) is 0 Å². The SMILES string of the molecule is CO[C@H](C(C)C)[C@@H](C)Br. The summed E-state index contributed by atoms with van der Waals surface area (Å²) in [4.78, 5) is 0.447. The van der Waals surface area contributed by atoms with Gasteiger partial charge in [0.15, 0.2) is 0 Å². The maximum atomic E-state index is 5.23. The minimum atomic E-state index is 0.338. The molecule has 0 aromatic rings. The second kappa shape index (κ2) is 4.29. The van der Waals surface area contributed by atoms with E-state index in [1.807, 2.05) is 0 Å². The average Bonchev–Trinajstić information content (AvgIpc) is 1.64. The molecule has 0 aromatic heterocycles. The van der Waals surface area contributed by atoms with E-state index in [4.69, 9.17) is 4.74 Å². The molecule has 0 rings (SSSR count). The molecule has 9 heavy (non-hydrogen) atoms. The summed E-state index contributed by atoms with van der Waals surface area (Å²) in [7, 11) is 1.75. The second-order valence-electron chi connectivity index (χ2n) is 2.62. The van der Waals surface area contributed by atoms with Crippen molar-refractivity contribution in [3.05, 3.63) is 0 Å². The van der Waals surface area contributed by atoms with Gasteiger partial charge in [-0.15, -0.1) is 0 Å². The zero-order valence-corrected chi connectivity index (χ0v) is 8.10. The van der Waals surface area contributed by atoms with E-state index in [1.54, 1.807) is 7.11 Å². The van der Waals surface area contributed by atoms with Crippen molar-refractivity contribution in [3.8, 4) is 0 Å². The van der Waals surface area contributed by atoms with Gasteiger partial charge in [0.2, 0.25) is 0 Å². The first kappa shape index (κ1) is 9.44. The standard InChI is InChI=1S/C7H15BrO/c1-5(2)7(9-4)6(3)8/h5-7H,1-4H3/t6-,7-/m1/s1. The Balaban J connectivity index is 3.68. The smallest absolute Gasteiger partial charge is 0.0716 e. The molecule has 0 heterocycles. The summed E-state index contributed by atoms with van der Waals surface area (Å²) in [6.45, 7) is 6.42. The van der Waals surface area contributed by atoms with Gasteiger partial charge in [0.25, 0.3) is 0 Å². The quantitative estimate of drug-likeness (QED) is 0.628. The highest BCUT2D eigenvalue weighted by Crippen LogP contribution is 2.15. The van der Waals surface area contributed by atoms with E-state index in [2.05, 4.69) is 36.7 Å². The van der Waals surface area contributed by atoms with Crippen molar-refractivity contribution < 1.29 is 4.74 Å². The number of hydrogen-bond donors (Lipinski definition) is 0. The fourth-order valence-electron chi connectivity index (χ4n) is 0.990. The van der Waals surface area contributed by atoms with Crippen LogP contribution in [0.1, 0.15) is 20.8 Å². The van der Waals surface area contributed by atoms with Crippen molar-refractivity contribution in [3.63, 3.8) is 0 Å². The molecule has 0 unspecified atom stereocenters. The van der Waals surface area contributed by atoms with Crippen molar-refractivity contribution in [1.29, 1.82) is 0 Å². The van der Waals surface area contributed by atoms with E-state index in [0.29, 0.717) is 16.8 Å². The lowest BCUT2D eigenvalue weighted by atomic mass is 10.1. The molecule has 0 bridgehead atoms.